The van der Waals surface area contributed by atoms with Crippen LogP contribution >= 0.6 is 0 Å². The first kappa shape index (κ1) is 10.5. The van der Waals surface area contributed by atoms with Crippen molar-refractivity contribution in [2.24, 2.45) is 0 Å². The molecule has 82 valence electrons. The summed E-state index contributed by atoms with van der Waals surface area (Å²) in [7, 11) is 4.18. The molecule has 1 unspecified atom stereocenters. The maximum absolute atomic E-state index is 3.16. The number of benzene rings is 1. The van der Waals surface area contributed by atoms with E-state index in [4.69, 9.17) is 0 Å². The van der Waals surface area contributed by atoms with Crippen molar-refractivity contribution >= 4 is 5.69 Å². The molecule has 1 N–H and O–H groups in total. The number of hydrogen-bond donors (Lipinski definition) is 1. The Morgan fingerprint density at radius 2 is 2.00 bits per heavy atom. The Morgan fingerprint density at radius 1 is 1.27 bits per heavy atom. The standard InChI is InChI=1S/C13H20N2/c1-14-13-7-5-11(6-8-13)12-4-3-9-15(2)10-12/h5-8,12,14H,3-4,9-10H2,1-2H3. The first-order valence-electron chi connectivity index (χ1n) is 5.76. The van der Waals surface area contributed by atoms with Crippen molar-refractivity contribution in [3.63, 3.8) is 0 Å². The molecule has 0 bridgehead atoms. The van der Waals surface area contributed by atoms with E-state index in [0.717, 1.165) is 5.92 Å². The summed E-state index contributed by atoms with van der Waals surface area (Å²) in [6.45, 7) is 2.46. The summed E-state index contributed by atoms with van der Waals surface area (Å²) >= 11 is 0. The predicted octanol–water partition coefficient (Wildman–Crippen LogP) is 2.54. The second-order valence-electron chi connectivity index (χ2n) is 4.47. The van der Waals surface area contributed by atoms with Crippen LogP contribution in [0.3, 0.4) is 0 Å². The fourth-order valence-corrected chi connectivity index (χ4v) is 2.36. The van der Waals surface area contributed by atoms with Gasteiger partial charge in [0, 0.05) is 19.3 Å². The summed E-state index contributed by atoms with van der Waals surface area (Å²) in [5.74, 6) is 0.731. The van der Waals surface area contributed by atoms with Crippen molar-refractivity contribution in [2.75, 3.05) is 32.5 Å². The van der Waals surface area contributed by atoms with Crippen LogP contribution in [-0.4, -0.2) is 32.1 Å². The monoisotopic (exact) mass is 204 g/mol. The maximum atomic E-state index is 3.16. The minimum absolute atomic E-state index is 0.731. The quantitative estimate of drug-likeness (QED) is 0.796. The van der Waals surface area contributed by atoms with Crippen molar-refractivity contribution in [3.05, 3.63) is 29.8 Å². The molecule has 15 heavy (non-hydrogen) atoms. The highest BCUT2D eigenvalue weighted by Crippen LogP contribution is 2.26. The number of piperidine rings is 1. The highest BCUT2D eigenvalue weighted by molar-refractivity contribution is 5.44. The summed E-state index contributed by atoms with van der Waals surface area (Å²) < 4.78 is 0. The summed E-state index contributed by atoms with van der Waals surface area (Å²) in [6, 6.07) is 8.86. The molecule has 1 heterocycles. The third kappa shape index (κ3) is 2.51. The molecule has 0 spiro atoms. The van der Waals surface area contributed by atoms with Crippen molar-refractivity contribution in [2.45, 2.75) is 18.8 Å². The molecule has 2 nitrogen and oxygen atoms in total. The van der Waals surface area contributed by atoms with Crippen molar-refractivity contribution in [1.82, 2.24) is 4.90 Å². The normalized spacial score (nSPS) is 22.7. The highest BCUT2D eigenvalue weighted by Gasteiger charge is 2.18. The molecule has 2 heteroatoms. The summed E-state index contributed by atoms with van der Waals surface area (Å²) in [5, 5.41) is 3.16. The van der Waals surface area contributed by atoms with Gasteiger partial charge < -0.3 is 10.2 Å². The van der Waals surface area contributed by atoms with Crippen LogP contribution in [0.25, 0.3) is 0 Å². The van der Waals surface area contributed by atoms with E-state index in [2.05, 4.69) is 41.5 Å². The average Bonchev–Trinajstić information content (AvgIpc) is 2.29. The maximum Gasteiger partial charge on any atom is 0.0337 e. The molecular formula is C13H20N2. The van der Waals surface area contributed by atoms with Gasteiger partial charge in [-0.2, -0.15) is 0 Å². The van der Waals surface area contributed by atoms with Crippen molar-refractivity contribution in [3.8, 4) is 0 Å². The smallest absolute Gasteiger partial charge is 0.0337 e. The number of likely N-dealkylation sites (tertiary alicyclic amines) is 1. The topological polar surface area (TPSA) is 15.3 Å². The number of hydrogen-bond acceptors (Lipinski definition) is 2. The minimum atomic E-state index is 0.731. The van der Waals surface area contributed by atoms with E-state index in [1.54, 1.807) is 0 Å². The summed E-state index contributed by atoms with van der Waals surface area (Å²) in [5.41, 5.74) is 2.68. The molecule has 2 rings (SSSR count). The Bertz CT molecular complexity index is 305. The second kappa shape index (κ2) is 4.67. The molecule has 0 aromatic heterocycles. The van der Waals surface area contributed by atoms with Gasteiger partial charge in [-0.25, -0.2) is 0 Å². The lowest BCUT2D eigenvalue weighted by atomic mass is 9.91. The molecule has 1 aliphatic heterocycles. The zero-order valence-electron chi connectivity index (χ0n) is 9.66. The molecule has 1 aromatic rings. The van der Waals surface area contributed by atoms with Crippen LogP contribution in [0, 0.1) is 0 Å². The van der Waals surface area contributed by atoms with Gasteiger partial charge in [-0.1, -0.05) is 12.1 Å². The van der Waals surface area contributed by atoms with Crippen LogP contribution in [-0.2, 0) is 0 Å². The first-order chi connectivity index (χ1) is 7.29. The SMILES string of the molecule is CNc1ccc(C2CCCN(C)C2)cc1. The minimum Gasteiger partial charge on any atom is -0.388 e. The van der Waals surface area contributed by atoms with Gasteiger partial charge in [0.05, 0.1) is 0 Å². The van der Waals surface area contributed by atoms with Gasteiger partial charge in [-0.05, 0) is 50.0 Å². The largest absolute Gasteiger partial charge is 0.388 e. The van der Waals surface area contributed by atoms with Crippen LogP contribution in [0.2, 0.25) is 0 Å². The first-order valence-corrected chi connectivity index (χ1v) is 5.76. The lowest BCUT2D eigenvalue weighted by molar-refractivity contribution is 0.251. The Hall–Kier alpha value is -1.02. The van der Waals surface area contributed by atoms with Gasteiger partial charge in [0.2, 0.25) is 0 Å². The molecule has 1 aliphatic rings. The summed E-state index contributed by atoms with van der Waals surface area (Å²) in [4.78, 5) is 2.43. The number of nitrogens with zero attached hydrogens (tertiary/aromatic N) is 1. The van der Waals surface area contributed by atoms with Crippen LogP contribution < -0.4 is 5.32 Å². The molecular weight excluding hydrogens is 184 g/mol. The molecule has 0 saturated carbocycles. The zero-order valence-corrected chi connectivity index (χ0v) is 9.66. The summed E-state index contributed by atoms with van der Waals surface area (Å²) in [6.07, 6.45) is 2.66. The lowest BCUT2D eigenvalue weighted by Gasteiger charge is -2.30. The van der Waals surface area contributed by atoms with Crippen LogP contribution in [0.1, 0.15) is 24.3 Å². The predicted molar refractivity (Wildman–Crippen MR) is 65.5 cm³/mol. The van der Waals surface area contributed by atoms with Crippen LogP contribution in [0.4, 0.5) is 5.69 Å². The fraction of sp³-hybridized carbons (Fsp3) is 0.538. The highest BCUT2D eigenvalue weighted by atomic mass is 15.1. The van der Waals surface area contributed by atoms with Gasteiger partial charge in [0.25, 0.3) is 0 Å². The number of rotatable bonds is 2. The number of likely N-dealkylation sites (N-methyl/N-ethyl adjacent to an activating group) is 1. The zero-order chi connectivity index (χ0) is 10.7. The van der Waals surface area contributed by atoms with E-state index in [-0.39, 0.29) is 0 Å². The molecule has 1 aromatic carbocycles. The Kier molecular flexibility index (Phi) is 3.27. The molecule has 0 aliphatic carbocycles. The van der Waals surface area contributed by atoms with E-state index in [1.807, 2.05) is 7.05 Å². The lowest BCUT2D eigenvalue weighted by Crippen LogP contribution is -2.30. The van der Waals surface area contributed by atoms with Gasteiger partial charge in [0.15, 0.2) is 0 Å². The van der Waals surface area contributed by atoms with E-state index in [9.17, 15) is 0 Å². The van der Waals surface area contributed by atoms with E-state index in [1.165, 1.54) is 37.2 Å². The van der Waals surface area contributed by atoms with E-state index >= 15 is 0 Å². The van der Waals surface area contributed by atoms with Gasteiger partial charge in [0.1, 0.15) is 0 Å². The third-order valence-corrected chi connectivity index (χ3v) is 3.30. The number of anilines is 1. The van der Waals surface area contributed by atoms with Crippen molar-refractivity contribution in [1.29, 1.82) is 0 Å². The van der Waals surface area contributed by atoms with Gasteiger partial charge >= 0.3 is 0 Å². The Labute approximate surface area is 92.3 Å². The van der Waals surface area contributed by atoms with Crippen molar-refractivity contribution < 1.29 is 0 Å². The fourth-order valence-electron chi connectivity index (χ4n) is 2.36. The molecule has 0 radical (unpaired) electrons. The van der Waals surface area contributed by atoms with E-state index in [0.29, 0.717) is 0 Å². The van der Waals surface area contributed by atoms with Crippen LogP contribution in [0.15, 0.2) is 24.3 Å². The molecule has 1 saturated heterocycles. The number of nitrogens with one attached hydrogen (secondary N) is 1. The molecule has 1 fully saturated rings. The Balaban J connectivity index is 2.07. The van der Waals surface area contributed by atoms with Gasteiger partial charge in [-0.3, -0.25) is 0 Å². The van der Waals surface area contributed by atoms with Gasteiger partial charge in [-0.15, -0.1) is 0 Å². The molecule has 0 amide bonds. The van der Waals surface area contributed by atoms with Crippen LogP contribution in [0.5, 0.6) is 0 Å². The van der Waals surface area contributed by atoms with E-state index < -0.39 is 0 Å². The third-order valence-electron chi connectivity index (χ3n) is 3.30. The average molecular weight is 204 g/mol. The second-order valence-corrected chi connectivity index (χ2v) is 4.47. The molecule has 1 atom stereocenters. The Morgan fingerprint density at radius 3 is 2.60 bits per heavy atom.